The first-order chi connectivity index (χ1) is 16.3. The number of nitrogens with zero attached hydrogens (tertiary/aromatic N) is 5. The number of benzene rings is 2. The number of aromatic nitrogens is 5. The van der Waals surface area contributed by atoms with E-state index in [1.54, 1.807) is 12.1 Å². The second kappa shape index (κ2) is 8.89. The van der Waals surface area contributed by atoms with Crippen molar-refractivity contribution < 1.29 is 21.3 Å². The third kappa shape index (κ3) is 5.16. The van der Waals surface area contributed by atoms with Gasteiger partial charge in [-0.05, 0) is 22.9 Å². The number of anilines is 1. The van der Waals surface area contributed by atoms with Crippen LogP contribution in [0.2, 0.25) is 0 Å². The summed E-state index contributed by atoms with van der Waals surface area (Å²) < 4.78 is 55.9. The molecule has 13 nitrogen and oxygen atoms in total. The molecule has 186 valence electrons. The highest BCUT2D eigenvalue weighted by Crippen LogP contribution is 2.41. The average Bonchev–Trinajstić information content (AvgIpc) is 3.39. The predicted molar refractivity (Wildman–Crippen MR) is 132 cm³/mol. The van der Waals surface area contributed by atoms with Crippen LogP contribution in [0, 0.1) is 0 Å². The number of fused-ring (bicyclic) bond motifs is 1. The van der Waals surface area contributed by atoms with Crippen LogP contribution in [-0.2, 0) is 20.0 Å². The first kappa shape index (κ1) is 25.1. The first-order valence-electron chi connectivity index (χ1n) is 10.2. The number of quaternary nitrogens is 1. The van der Waals surface area contributed by atoms with Gasteiger partial charge in [-0.25, -0.2) is 31.7 Å². The Labute approximate surface area is 205 Å². The Kier molecular flexibility index (Phi) is 6.37. The Morgan fingerprint density at radius 2 is 1.83 bits per heavy atom. The molecule has 0 bridgehead atoms. The van der Waals surface area contributed by atoms with E-state index in [2.05, 4.69) is 30.3 Å². The van der Waals surface area contributed by atoms with E-state index in [0.29, 0.717) is 32.8 Å². The molecule has 35 heavy (non-hydrogen) atoms. The molecule has 0 saturated heterocycles. The number of para-hydroxylation sites is 1. The summed E-state index contributed by atoms with van der Waals surface area (Å²) in [6.07, 6.45) is 0. The van der Waals surface area contributed by atoms with Crippen LogP contribution in [0.4, 0.5) is 5.13 Å². The van der Waals surface area contributed by atoms with Crippen LogP contribution >= 0.6 is 11.3 Å². The smallest absolute Gasteiger partial charge is 0.242 e. The number of likely N-dealkylation sites (N-methyl/N-ethyl adjacent to an activating group) is 1. The van der Waals surface area contributed by atoms with Gasteiger partial charge in [-0.3, -0.25) is 0 Å². The molecule has 0 amide bonds. The van der Waals surface area contributed by atoms with E-state index >= 15 is 0 Å². The van der Waals surface area contributed by atoms with E-state index < -0.39 is 29.8 Å². The third-order valence-corrected chi connectivity index (χ3v) is 8.54. The fourth-order valence-electron chi connectivity index (χ4n) is 3.55. The van der Waals surface area contributed by atoms with Gasteiger partial charge in [0.2, 0.25) is 25.9 Å². The van der Waals surface area contributed by atoms with Crippen LogP contribution in [0.15, 0.2) is 40.1 Å². The fourth-order valence-corrected chi connectivity index (χ4v) is 6.93. The minimum atomic E-state index is -4.59. The maximum absolute atomic E-state index is 13.2. The maximum atomic E-state index is 13.2. The highest BCUT2D eigenvalue weighted by molar-refractivity contribution is 7.92. The van der Waals surface area contributed by atoms with E-state index in [4.69, 9.17) is 10.9 Å². The second-order valence-corrected chi connectivity index (χ2v) is 13.0. The number of aromatic amines is 1. The van der Waals surface area contributed by atoms with Crippen LogP contribution in [0.1, 0.15) is 0 Å². The molecule has 0 aliphatic heterocycles. The van der Waals surface area contributed by atoms with E-state index in [1.165, 1.54) is 23.5 Å². The number of primary sulfonamides is 1. The largest absolute Gasteiger partial charge is 0.375 e. The van der Waals surface area contributed by atoms with Gasteiger partial charge in [-0.1, -0.05) is 29.5 Å². The summed E-state index contributed by atoms with van der Waals surface area (Å²) in [6, 6.07) is 7.95. The molecular formula is C19H24N9O4S3+. The fraction of sp³-hybridized carbons (Fsp3) is 0.263. The molecule has 2 aromatic heterocycles. The average molecular weight is 539 g/mol. The second-order valence-electron chi connectivity index (χ2n) is 8.71. The lowest BCUT2D eigenvalue weighted by molar-refractivity contribution is -0.869. The molecule has 16 heteroatoms. The van der Waals surface area contributed by atoms with Crippen molar-refractivity contribution in [2.75, 3.05) is 40.0 Å². The van der Waals surface area contributed by atoms with Gasteiger partial charge in [-0.2, -0.15) is 5.21 Å². The molecule has 0 fully saturated rings. The zero-order valence-electron chi connectivity index (χ0n) is 19.0. The molecule has 2 heterocycles. The van der Waals surface area contributed by atoms with Gasteiger partial charge in [-0.15, -0.1) is 10.2 Å². The van der Waals surface area contributed by atoms with Gasteiger partial charge in [0.1, 0.15) is 9.79 Å². The molecule has 0 radical (unpaired) electrons. The predicted octanol–water partition coefficient (Wildman–Crippen LogP) is 0.358. The topological polar surface area (TPSA) is 200 Å². The quantitative estimate of drug-likeness (QED) is 0.229. The SMILES string of the molecule is C[N+](C)(C)CCNS(=O)(=O)c1ccc(-c2cccc3sc(N)nc23)c(-c2nn[nH]n2)c1S(N)(=O)=O. The van der Waals surface area contributed by atoms with Gasteiger partial charge in [0.25, 0.3) is 0 Å². The normalized spacial score (nSPS) is 12.9. The summed E-state index contributed by atoms with van der Waals surface area (Å²) in [5.41, 5.74) is 7.09. The number of H-pyrrole nitrogens is 1. The monoisotopic (exact) mass is 538 g/mol. The summed E-state index contributed by atoms with van der Waals surface area (Å²) in [5, 5.41) is 19.5. The number of nitrogen functional groups attached to an aromatic ring is 1. The number of thiazole rings is 1. The Balaban J connectivity index is 2.01. The van der Waals surface area contributed by atoms with Crippen molar-refractivity contribution in [2.24, 2.45) is 5.14 Å². The lowest BCUT2D eigenvalue weighted by Crippen LogP contribution is -2.42. The van der Waals surface area contributed by atoms with E-state index in [1.807, 2.05) is 27.2 Å². The summed E-state index contributed by atoms with van der Waals surface area (Å²) in [7, 11) is -3.17. The summed E-state index contributed by atoms with van der Waals surface area (Å²) in [6.45, 7) is 0.541. The minimum absolute atomic E-state index is 0.0760. The van der Waals surface area contributed by atoms with Crippen LogP contribution in [0.5, 0.6) is 0 Å². The Morgan fingerprint density at radius 1 is 1.09 bits per heavy atom. The van der Waals surface area contributed by atoms with Crippen LogP contribution in [-0.4, -0.2) is 81.2 Å². The van der Waals surface area contributed by atoms with Crippen molar-refractivity contribution in [3.05, 3.63) is 30.3 Å². The Bertz CT molecular complexity index is 1610. The van der Waals surface area contributed by atoms with Crippen molar-refractivity contribution in [2.45, 2.75) is 9.79 Å². The summed E-state index contributed by atoms with van der Waals surface area (Å²) >= 11 is 1.26. The molecule has 4 rings (SSSR count). The van der Waals surface area contributed by atoms with Gasteiger partial charge in [0, 0.05) is 5.56 Å². The lowest BCUT2D eigenvalue weighted by Gasteiger charge is -2.24. The molecule has 0 spiro atoms. The number of hydrogen-bond acceptors (Lipinski definition) is 10. The molecule has 0 atom stereocenters. The minimum Gasteiger partial charge on any atom is -0.375 e. The van der Waals surface area contributed by atoms with Crippen molar-refractivity contribution in [3.63, 3.8) is 0 Å². The Morgan fingerprint density at radius 3 is 2.46 bits per heavy atom. The van der Waals surface area contributed by atoms with Gasteiger partial charge in [0.05, 0.1) is 50.0 Å². The Hall–Kier alpha value is -3.02. The van der Waals surface area contributed by atoms with Gasteiger partial charge in [0.15, 0.2) is 5.13 Å². The highest BCUT2D eigenvalue weighted by Gasteiger charge is 2.32. The zero-order valence-corrected chi connectivity index (χ0v) is 21.5. The number of tetrazole rings is 1. The summed E-state index contributed by atoms with van der Waals surface area (Å²) in [5.74, 6) is -0.146. The molecule has 0 aliphatic rings. The van der Waals surface area contributed by atoms with Crippen LogP contribution in [0.25, 0.3) is 32.7 Å². The summed E-state index contributed by atoms with van der Waals surface area (Å²) in [4.78, 5) is 3.19. The van der Waals surface area contributed by atoms with Crippen LogP contribution in [0.3, 0.4) is 0 Å². The molecule has 0 saturated carbocycles. The molecule has 4 aromatic rings. The van der Waals surface area contributed by atoms with Gasteiger partial charge < -0.3 is 10.2 Å². The number of rotatable bonds is 8. The third-order valence-electron chi connectivity index (χ3n) is 5.06. The van der Waals surface area contributed by atoms with E-state index in [9.17, 15) is 16.8 Å². The van der Waals surface area contributed by atoms with Crippen molar-refractivity contribution in [1.82, 2.24) is 30.3 Å². The van der Waals surface area contributed by atoms with E-state index in [0.717, 1.165) is 4.70 Å². The first-order valence-corrected chi connectivity index (χ1v) is 14.0. The van der Waals surface area contributed by atoms with Crippen molar-refractivity contribution in [1.29, 1.82) is 0 Å². The molecule has 0 aliphatic carbocycles. The lowest BCUT2D eigenvalue weighted by atomic mass is 9.98. The molecule has 0 unspecified atom stereocenters. The molecule has 6 N–H and O–H groups in total. The highest BCUT2D eigenvalue weighted by atomic mass is 32.2. The number of nitrogens with two attached hydrogens (primary N) is 2. The van der Waals surface area contributed by atoms with Crippen molar-refractivity contribution in [3.8, 4) is 22.5 Å². The zero-order chi connectivity index (χ0) is 25.6. The van der Waals surface area contributed by atoms with E-state index in [-0.39, 0.29) is 17.9 Å². The van der Waals surface area contributed by atoms with Crippen LogP contribution < -0.4 is 15.6 Å². The number of hydrogen-bond donors (Lipinski definition) is 4. The number of sulfonamides is 2. The molecular weight excluding hydrogens is 514 g/mol. The van der Waals surface area contributed by atoms with Gasteiger partial charge >= 0.3 is 0 Å². The van der Waals surface area contributed by atoms with Crippen molar-refractivity contribution >= 4 is 46.7 Å². The maximum Gasteiger partial charge on any atom is 0.242 e. The standard InChI is InChI=1S/C19H24N9O4S3/c1-28(2,3)10-9-22-35(31,32)14-8-7-11(12-5-4-6-13-16(12)23-19(20)33-13)15(17(14)34(21,29)30)18-24-26-27-25-18/h4-8,22H,9-10H2,1-3H3,(H2,20,23)(H2,21,29,30)(H,24,25,26,27)/q+1. The molecule has 2 aromatic carbocycles. The number of nitrogens with one attached hydrogen (secondary N) is 2.